The number of aryl methyl sites for hydroxylation is 1. The van der Waals surface area contributed by atoms with Crippen LogP contribution in [0.25, 0.3) is 0 Å². The van der Waals surface area contributed by atoms with Crippen LogP contribution in [0.15, 0.2) is 30.3 Å². The van der Waals surface area contributed by atoms with Crippen molar-refractivity contribution in [3.63, 3.8) is 0 Å². The first-order valence-electron chi connectivity index (χ1n) is 7.98. The monoisotopic (exact) mass is 298 g/mol. The van der Waals surface area contributed by atoms with Gasteiger partial charge in [0.25, 0.3) is 0 Å². The van der Waals surface area contributed by atoms with Gasteiger partial charge >= 0.3 is 0 Å². The Labute approximate surface area is 129 Å². The minimum Gasteiger partial charge on any atom is -0.256 e. The van der Waals surface area contributed by atoms with Gasteiger partial charge < -0.3 is 0 Å². The van der Waals surface area contributed by atoms with Gasteiger partial charge in [-0.25, -0.2) is 8.78 Å². The number of hydrogen-bond acceptors (Lipinski definition) is 1. The van der Waals surface area contributed by atoms with Gasteiger partial charge in [-0.1, -0.05) is 18.6 Å². The van der Waals surface area contributed by atoms with E-state index in [2.05, 4.69) is 18.6 Å². The van der Waals surface area contributed by atoms with Crippen molar-refractivity contribution in [3.05, 3.63) is 70.9 Å². The van der Waals surface area contributed by atoms with Crippen LogP contribution >= 0.6 is 0 Å². The molecule has 3 heteroatoms. The van der Waals surface area contributed by atoms with Gasteiger partial charge in [0.15, 0.2) is 11.6 Å². The fraction of sp³-hybridized carbons (Fsp3) is 0.368. The van der Waals surface area contributed by atoms with E-state index in [1.807, 2.05) is 0 Å². The molecule has 0 atom stereocenters. The Morgan fingerprint density at radius 2 is 1.82 bits per heavy atom. The molecule has 22 heavy (non-hydrogen) atoms. The molecule has 0 bridgehead atoms. The maximum absolute atomic E-state index is 13.7. The predicted octanol–water partition coefficient (Wildman–Crippen LogP) is 4.72. The van der Waals surface area contributed by atoms with E-state index in [1.54, 1.807) is 6.07 Å². The molecule has 1 fully saturated rings. The summed E-state index contributed by atoms with van der Waals surface area (Å²) in [4.78, 5) is 4.86. The number of fused-ring (bicyclic) bond motifs is 1. The molecule has 1 radical (unpaired) electrons. The summed E-state index contributed by atoms with van der Waals surface area (Å²) < 4.78 is 26.9. The molecule has 0 N–H and O–H groups in total. The van der Waals surface area contributed by atoms with E-state index in [0.717, 1.165) is 49.1 Å². The van der Waals surface area contributed by atoms with Gasteiger partial charge in [-0.15, -0.1) is 0 Å². The molecule has 0 unspecified atom stereocenters. The third-order valence-corrected chi connectivity index (χ3v) is 5.17. The van der Waals surface area contributed by atoms with E-state index in [9.17, 15) is 8.78 Å². The van der Waals surface area contributed by atoms with Crippen molar-refractivity contribution in [1.29, 1.82) is 0 Å². The first-order valence-corrected chi connectivity index (χ1v) is 7.98. The number of rotatable bonds is 2. The van der Waals surface area contributed by atoms with Crippen molar-refractivity contribution >= 4 is 0 Å². The molecule has 2 aliphatic carbocycles. The second kappa shape index (κ2) is 5.15. The van der Waals surface area contributed by atoms with E-state index in [-0.39, 0.29) is 5.41 Å². The smallest absolute Gasteiger partial charge is 0.159 e. The number of hydrogen-bond donors (Lipinski definition) is 0. The van der Waals surface area contributed by atoms with Gasteiger partial charge in [0.05, 0.1) is 5.69 Å². The summed E-state index contributed by atoms with van der Waals surface area (Å²) in [5, 5.41) is 0. The molecule has 4 rings (SSSR count). The fourth-order valence-corrected chi connectivity index (χ4v) is 3.71. The molecule has 0 spiro atoms. The molecule has 2 aromatic rings. The van der Waals surface area contributed by atoms with Gasteiger partial charge in [-0.2, -0.15) is 0 Å². The fourth-order valence-electron chi connectivity index (χ4n) is 3.71. The Hall–Kier alpha value is -1.77. The first kappa shape index (κ1) is 13.9. The Morgan fingerprint density at radius 1 is 0.955 bits per heavy atom. The zero-order valence-electron chi connectivity index (χ0n) is 12.4. The van der Waals surface area contributed by atoms with Crippen LogP contribution in [0.4, 0.5) is 8.78 Å². The van der Waals surface area contributed by atoms with Gasteiger partial charge in [-0.05, 0) is 61.4 Å². The Morgan fingerprint density at radius 3 is 2.55 bits per heavy atom. The van der Waals surface area contributed by atoms with Crippen LogP contribution in [0.5, 0.6) is 0 Å². The van der Waals surface area contributed by atoms with Crippen LogP contribution < -0.4 is 0 Å². The second-order valence-electron chi connectivity index (χ2n) is 6.40. The highest BCUT2D eigenvalue weighted by Crippen LogP contribution is 2.48. The van der Waals surface area contributed by atoms with Gasteiger partial charge in [0.2, 0.25) is 0 Å². The summed E-state index contributed by atoms with van der Waals surface area (Å²) in [5.74, 6) is -1.56. The topological polar surface area (TPSA) is 12.9 Å². The van der Waals surface area contributed by atoms with Crippen molar-refractivity contribution in [3.8, 4) is 0 Å². The quantitative estimate of drug-likeness (QED) is 0.782. The average molecular weight is 298 g/mol. The molecular weight excluding hydrogens is 280 g/mol. The van der Waals surface area contributed by atoms with Crippen molar-refractivity contribution in [1.82, 2.24) is 4.98 Å². The van der Waals surface area contributed by atoms with E-state index >= 15 is 0 Å². The lowest BCUT2D eigenvalue weighted by Crippen LogP contribution is -2.37. The van der Waals surface area contributed by atoms with E-state index in [1.165, 1.54) is 24.1 Å². The Balaban J connectivity index is 1.79. The second-order valence-corrected chi connectivity index (χ2v) is 6.40. The van der Waals surface area contributed by atoms with Gasteiger partial charge in [-0.3, -0.25) is 4.98 Å². The molecule has 1 nitrogen and oxygen atoms in total. The molecule has 0 aliphatic heterocycles. The Bertz CT molecular complexity index is 719. The van der Waals surface area contributed by atoms with Crippen LogP contribution in [-0.2, 0) is 11.8 Å². The van der Waals surface area contributed by atoms with Crippen LogP contribution in [0, 0.1) is 18.1 Å². The Kier molecular flexibility index (Phi) is 3.24. The maximum atomic E-state index is 13.7. The van der Waals surface area contributed by atoms with E-state index < -0.39 is 11.6 Å². The van der Waals surface area contributed by atoms with Crippen molar-refractivity contribution in [2.75, 3.05) is 0 Å². The highest BCUT2D eigenvalue weighted by molar-refractivity contribution is 5.42. The standard InChI is InChI=1S/C19H18F2N/c20-15-8-7-14(12-16(15)21)19(10-3-11-19)18-9-6-13-4-1-2-5-17(13)22-18/h5-9,12H,1-4,10-11H2. The zero-order valence-corrected chi connectivity index (χ0v) is 12.4. The number of pyridine rings is 1. The van der Waals surface area contributed by atoms with Crippen LogP contribution in [0.1, 0.15) is 54.6 Å². The van der Waals surface area contributed by atoms with Gasteiger partial charge in [0, 0.05) is 17.5 Å². The largest absolute Gasteiger partial charge is 0.256 e. The number of aromatic nitrogens is 1. The molecular formula is C19H18F2N. The summed E-state index contributed by atoms with van der Waals surface area (Å²) in [6.45, 7) is 0. The molecule has 1 aromatic carbocycles. The summed E-state index contributed by atoms with van der Waals surface area (Å²) in [6, 6.07) is 8.53. The molecule has 1 heterocycles. The molecule has 2 aliphatic rings. The lowest BCUT2D eigenvalue weighted by Gasteiger charge is -2.42. The summed E-state index contributed by atoms with van der Waals surface area (Å²) >= 11 is 0. The number of halogens is 2. The van der Waals surface area contributed by atoms with E-state index in [4.69, 9.17) is 4.98 Å². The molecule has 0 saturated heterocycles. The highest BCUT2D eigenvalue weighted by Gasteiger charge is 2.42. The average Bonchev–Trinajstić information content (AvgIpc) is 2.50. The molecule has 0 amide bonds. The van der Waals surface area contributed by atoms with Crippen molar-refractivity contribution in [2.45, 2.75) is 43.9 Å². The summed E-state index contributed by atoms with van der Waals surface area (Å²) in [6.07, 6.45) is 8.52. The number of benzene rings is 1. The molecule has 1 aromatic heterocycles. The maximum Gasteiger partial charge on any atom is 0.159 e. The van der Waals surface area contributed by atoms with Crippen LogP contribution in [-0.4, -0.2) is 4.98 Å². The number of nitrogens with zero attached hydrogens (tertiary/aromatic N) is 1. The predicted molar refractivity (Wildman–Crippen MR) is 81.6 cm³/mol. The lowest BCUT2D eigenvalue weighted by molar-refractivity contribution is 0.291. The minimum atomic E-state index is -0.787. The highest BCUT2D eigenvalue weighted by atomic mass is 19.2. The lowest BCUT2D eigenvalue weighted by atomic mass is 9.62. The van der Waals surface area contributed by atoms with Crippen molar-refractivity contribution in [2.24, 2.45) is 0 Å². The SMILES string of the molecule is Fc1ccc(C2(c3ccc4c(n3)[CH]CCC4)CCC2)cc1F. The van der Waals surface area contributed by atoms with Crippen LogP contribution in [0.3, 0.4) is 0 Å². The molecule has 1 saturated carbocycles. The third-order valence-electron chi connectivity index (χ3n) is 5.17. The minimum absolute atomic E-state index is 0.241. The summed E-state index contributed by atoms with van der Waals surface area (Å²) in [5.41, 5.74) is 3.99. The zero-order chi connectivity index (χ0) is 15.2. The van der Waals surface area contributed by atoms with Crippen molar-refractivity contribution < 1.29 is 8.78 Å². The first-order chi connectivity index (χ1) is 10.7. The summed E-state index contributed by atoms with van der Waals surface area (Å²) in [7, 11) is 0. The van der Waals surface area contributed by atoms with Gasteiger partial charge in [0.1, 0.15) is 0 Å². The molecule has 113 valence electrons. The van der Waals surface area contributed by atoms with Crippen LogP contribution in [0.2, 0.25) is 0 Å². The normalized spacial score (nSPS) is 19.4. The van der Waals surface area contributed by atoms with E-state index in [0.29, 0.717) is 0 Å². The third kappa shape index (κ3) is 2.06.